The second-order valence-corrected chi connectivity index (χ2v) is 4.00. The number of aromatic nitrogens is 1. The lowest BCUT2D eigenvalue weighted by molar-refractivity contribution is 0.182. The highest BCUT2D eigenvalue weighted by atomic mass is 35.5. The summed E-state index contributed by atoms with van der Waals surface area (Å²) in [7, 11) is 1.58. The number of ether oxygens (including phenoxy) is 1. The number of nitrogens with zero attached hydrogens (tertiary/aromatic N) is 1. The zero-order valence-electron chi connectivity index (χ0n) is 9.05. The lowest BCUT2D eigenvalue weighted by Crippen LogP contribution is -1.96. The van der Waals surface area contributed by atoms with Crippen molar-refractivity contribution in [2.24, 2.45) is 0 Å². The minimum absolute atomic E-state index is 0.273. The maximum Gasteiger partial charge on any atom is 0.128 e. The molecule has 4 heteroatoms. The molecule has 0 amide bonds. The zero-order chi connectivity index (χ0) is 11.7. The summed E-state index contributed by atoms with van der Waals surface area (Å²) in [5.74, 6) is -0.273. The SMILES string of the molecule is COCc1cc(Cl)c2ccc(F)c(C)c2n1. The van der Waals surface area contributed by atoms with Crippen LogP contribution >= 0.6 is 11.6 Å². The van der Waals surface area contributed by atoms with Crippen LogP contribution in [0.1, 0.15) is 11.3 Å². The van der Waals surface area contributed by atoms with Gasteiger partial charge in [-0.1, -0.05) is 11.6 Å². The quantitative estimate of drug-likeness (QED) is 0.801. The van der Waals surface area contributed by atoms with E-state index in [1.165, 1.54) is 6.07 Å². The molecule has 2 rings (SSSR count). The monoisotopic (exact) mass is 239 g/mol. The van der Waals surface area contributed by atoms with Crippen LogP contribution in [0.5, 0.6) is 0 Å². The Labute approximate surface area is 98.0 Å². The van der Waals surface area contributed by atoms with Gasteiger partial charge in [0.15, 0.2) is 0 Å². The Morgan fingerprint density at radius 3 is 2.88 bits per heavy atom. The molecule has 0 aliphatic rings. The van der Waals surface area contributed by atoms with Gasteiger partial charge in [-0.3, -0.25) is 0 Å². The molecule has 16 heavy (non-hydrogen) atoms. The highest BCUT2D eigenvalue weighted by molar-refractivity contribution is 6.35. The summed E-state index contributed by atoms with van der Waals surface area (Å²) in [4.78, 5) is 4.34. The van der Waals surface area contributed by atoms with E-state index in [2.05, 4.69) is 4.98 Å². The number of fused-ring (bicyclic) bond motifs is 1. The molecule has 0 spiro atoms. The predicted molar refractivity (Wildman–Crippen MR) is 62.2 cm³/mol. The van der Waals surface area contributed by atoms with E-state index in [0.717, 1.165) is 5.39 Å². The topological polar surface area (TPSA) is 22.1 Å². The van der Waals surface area contributed by atoms with Crippen molar-refractivity contribution in [1.82, 2.24) is 4.98 Å². The van der Waals surface area contributed by atoms with Gasteiger partial charge in [0.25, 0.3) is 0 Å². The summed E-state index contributed by atoms with van der Waals surface area (Å²) >= 11 is 6.10. The van der Waals surface area contributed by atoms with E-state index in [1.54, 1.807) is 26.2 Å². The van der Waals surface area contributed by atoms with Gasteiger partial charge in [-0.05, 0) is 25.1 Å². The fraction of sp³-hybridized carbons (Fsp3) is 0.250. The molecule has 2 nitrogen and oxygen atoms in total. The maximum absolute atomic E-state index is 13.4. The molecule has 0 radical (unpaired) electrons. The van der Waals surface area contributed by atoms with Crippen molar-refractivity contribution in [2.45, 2.75) is 13.5 Å². The van der Waals surface area contributed by atoms with Crippen molar-refractivity contribution < 1.29 is 9.13 Å². The lowest BCUT2D eigenvalue weighted by atomic mass is 10.1. The largest absolute Gasteiger partial charge is 0.378 e. The van der Waals surface area contributed by atoms with E-state index in [9.17, 15) is 4.39 Å². The van der Waals surface area contributed by atoms with Gasteiger partial charge < -0.3 is 4.74 Å². The average molecular weight is 240 g/mol. The third kappa shape index (κ3) is 1.88. The first-order valence-corrected chi connectivity index (χ1v) is 5.24. The van der Waals surface area contributed by atoms with Crippen LogP contribution in [0.3, 0.4) is 0 Å². The van der Waals surface area contributed by atoms with Gasteiger partial charge in [-0.2, -0.15) is 0 Å². The third-order valence-corrected chi connectivity index (χ3v) is 2.78. The molecule has 0 saturated carbocycles. The minimum Gasteiger partial charge on any atom is -0.378 e. The van der Waals surface area contributed by atoms with Crippen LogP contribution < -0.4 is 0 Å². The van der Waals surface area contributed by atoms with Crippen molar-refractivity contribution in [3.05, 3.63) is 40.3 Å². The summed E-state index contributed by atoms with van der Waals surface area (Å²) in [6.45, 7) is 2.06. The number of hydrogen-bond acceptors (Lipinski definition) is 2. The first-order chi connectivity index (χ1) is 7.63. The Morgan fingerprint density at radius 2 is 2.19 bits per heavy atom. The molecule has 0 unspecified atom stereocenters. The second-order valence-electron chi connectivity index (χ2n) is 3.60. The third-order valence-electron chi connectivity index (χ3n) is 2.46. The summed E-state index contributed by atoms with van der Waals surface area (Å²) in [5.41, 5.74) is 1.81. The standard InChI is InChI=1S/C12H11ClFNO/c1-7-11(14)4-3-9-10(13)5-8(6-16-2)15-12(7)9/h3-5H,6H2,1-2H3. The molecule has 2 aromatic rings. The number of aryl methyl sites for hydroxylation is 1. The van der Waals surface area contributed by atoms with E-state index >= 15 is 0 Å². The molecule has 0 aliphatic heterocycles. The lowest BCUT2D eigenvalue weighted by Gasteiger charge is -2.07. The minimum atomic E-state index is -0.273. The summed E-state index contributed by atoms with van der Waals surface area (Å²) in [5, 5.41) is 1.33. The Morgan fingerprint density at radius 1 is 1.44 bits per heavy atom. The molecular formula is C12H11ClFNO. The van der Waals surface area contributed by atoms with E-state index in [0.29, 0.717) is 28.4 Å². The van der Waals surface area contributed by atoms with Gasteiger partial charge in [0, 0.05) is 18.1 Å². The van der Waals surface area contributed by atoms with Gasteiger partial charge >= 0.3 is 0 Å². The molecule has 84 valence electrons. The molecule has 0 N–H and O–H groups in total. The molecule has 0 fully saturated rings. The number of hydrogen-bond donors (Lipinski definition) is 0. The van der Waals surface area contributed by atoms with Crippen molar-refractivity contribution >= 4 is 22.5 Å². The second kappa shape index (κ2) is 4.36. The fourth-order valence-corrected chi connectivity index (χ4v) is 1.91. The molecule has 1 aromatic carbocycles. The van der Waals surface area contributed by atoms with Gasteiger partial charge in [0.1, 0.15) is 5.82 Å². The number of rotatable bonds is 2. The number of pyridine rings is 1. The molecule has 1 heterocycles. The molecule has 0 saturated heterocycles. The summed E-state index contributed by atoms with van der Waals surface area (Å²) in [6, 6.07) is 4.79. The summed E-state index contributed by atoms with van der Waals surface area (Å²) < 4.78 is 18.4. The Balaban J connectivity index is 2.73. The number of methoxy groups -OCH3 is 1. The molecule has 0 bridgehead atoms. The fourth-order valence-electron chi connectivity index (χ4n) is 1.63. The van der Waals surface area contributed by atoms with Crippen molar-refractivity contribution in [2.75, 3.05) is 7.11 Å². The smallest absolute Gasteiger partial charge is 0.128 e. The molecule has 0 aliphatic carbocycles. The normalized spacial score (nSPS) is 11.0. The summed E-state index contributed by atoms with van der Waals surface area (Å²) in [6.07, 6.45) is 0. The van der Waals surface area contributed by atoms with Crippen LogP contribution in [0.2, 0.25) is 5.02 Å². The molecule has 0 atom stereocenters. The Bertz CT molecular complexity index is 542. The van der Waals surface area contributed by atoms with Crippen LogP contribution in [0.15, 0.2) is 18.2 Å². The van der Waals surface area contributed by atoms with E-state index in [1.807, 2.05) is 0 Å². The molecular weight excluding hydrogens is 229 g/mol. The highest BCUT2D eigenvalue weighted by Gasteiger charge is 2.09. The van der Waals surface area contributed by atoms with Crippen LogP contribution in [0.25, 0.3) is 10.9 Å². The average Bonchev–Trinajstić information content (AvgIpc) is 2.25. The Hall–Kier alpha value is -1.19. The van der Waals surface area contributed by atoms with Gasteiger partial charge in [0.05, 0.1) is 22.8 Å². The number of halogens is 2. The Kier molecular flexibility index (Phi) is 3.08. The van der Waals surface area contributed by atoms with Gasteiger partial charge in [-0.25, -0.2) is 9.37 Å². The first kappa shape index (κ1) is 11.3. The van der Waals surface area contributed by atoms with E-state index < -0.39 is 0 Å². The zero-order valence-corrected chi connectivity index (χ0v) is 9.81. The first-order valence-electron chi connectivity index (χ1n) is 4.86. The van der Waals surface area contributed by atoms with Crippen molar-refractivity contribution in [3.63, 3.8) is 0 Å². The van der Waals surface area contributed by atoms with Crippen LogP contribution in [0.4, 0.5) is 4.39 Å². The molecule has 1 aromatic heterocycles. The highest BCUT2D eigenvalue weighted by Crippen LogP contribution is 2.26. The van der Waals surface area contributed by atoms with Crippen LogP contribution in [0, 0.1) is 12.7 Å². The van der Waals surface area contributed by atoms with Crippen LogP contribution in [-0.2, 0) is 11.3 Å². The van der Waals surface area contributed by atoms with Gasteiger partial charge in [0.2, 0.25) is 0 Å². The van der Waals surface area contributed by atoms with Crippen molar-refractivity contribution in [3.8, 4) is 0 Å². The predicted octanol–water partition coefficient (Wildman–Crippen LogP) is 3.48. The maximum atomic E-state index is 13.4. The van der Waals surface area contributed by atoms with Gasteiger partial charge in [-0.15, -0.1) is 0 Å². The van der Waals surface area contributed by atoms with E-state index in [4.69, 9.17) is 16.3 Å². The van der Waals surface area contributed by atoms with Crippen molar-refractivity contribution in [1.29, 1.82) is 0 Å². The van der Waals surface area contributed by atoms with E-state index in [-0.39, 0.29) is 5.82 Å². The van der Waals surface area contributed by atoms with Crippen LogP contribution in [-0.4, -0.2) is 12.1 Å². The number of benzene rings is 1.